The lowest BCUT2D eigenvalue weighted by Crippen LogP contribution is -2.18. The molecule has 0 unspecified atom stereocenters. The smallest absolute Gasteiger partial charge is 0.289 e. The minimum absolute atomic E-state index is 0.0634. The van der Waals surface area contributed by atoms with Gasteiger partial charge in [0, 0.05) is 33.8 Å². The number of aromatic nitrogens is 2. The van der Waals surface area contributed by atoms with Gasteiger partial charge in [-0.1, -0.05) is 54.1 Å². The first kappa shape index (κ1) is 22.7. The third kappa shape index (κ3) is 5.64. The number of amides is 1. The lowest BCUT2D eigenvalue weighted by molar-refractivity contribution is -0.384. The van der Waals surface area contributed by atoms with E-state index in [2.05, 4.69) is 20.7 Å². The fourth-order valence-electron chi connectivity index (χ4n) is 3.05. The normalized spacial score (nSPS) is 10.9. The van der Waals surface area contributed by atoms with Crippen LogP contribution >= 0.6 is 11.6 Å². The number of carbonyl (C=O) groups excluding carboxylic acids is 1. The van der Waals surface area contributed by atoms with Crippen molar-refractivity contribution in [1.29, 1.82) is 0 Å². The Bertz CT molecular complexity index is 1370. The molecule has 0 saturated heterocycles. The molecule has 170 valence electrons. The zero-order valence-electron chi connectivity index (χ0n) is 17.6. The molecule has 4 rings (SSSR count). The zero-order chi connectivity index (χ0) is 23.9. The van der Waals surface area contributed by atoms with E-state index in [4.69, 9.17) is 16.3 Å². The van der Waals surface area contributed by atoms with Crippen molar-refractivity contribution in [3.63, 3.8) is 0 Å². The van der Waals surface area contributed by atoms with Crippen molar-refractivity contribution in [2.75, 3.05) is 0 Å². The number of benzene rings is 3. The predicted molar refractivity (Wildman–Crippen MR) is 128 cm³/mol. The van der Waals surface area contributed by atoms with Crippen LogP contribution in [0.1, 0.15) is 21.6 Å². The van der Waals surface area contributed by atoms with Crippen LogP contribution in [-0.2, 0) is 6.61 Å². The molecule has 34 heavy (non-hydrogen) atoms. The highest BCUT2D eigenvalue weighted by atomic mass is 35.5. The van der Waals surface area contributed by atoms with Gasteiger partial charge in [-0.25, -0.2) is 5.43 Å². The summed E-state index contributed by atoms with van der Waals surface area (Å²) < 4.78 is 5.84. The molecular formula is C24H18ClN5O4. The van der Waals surface area contributed by atoms with Gasteiger partial charge in [0.15, 0.2) is 0 Å². The van der Waals surface area contributed by atoms with Crippen LogP contribution in [0.2, 0.25) is 5.02 Å². The monoisotopic (exact) mass is 475 g/mol. The number of nitro benzene ring substituents is 1. The molecular weight excluding hydrogens is 458 g/mol. The highest BCUT2D eigenvalue weighted by Gasteiger charge is 2.11. The van der Waals surface area contributed by atoms with Gasteiger partial charge in [0.2, 0.25) is 0 Å². The Morgan fingerprint density at radius 2 is 1.94 bits per heavy atom. The number of aromatic amines is 1. The van der Waals surface area contributed by atoms with Gasteiger partial charge in [0.05, 0.1) is 16.8 Å². The van der Waals surface area contributed by atoms with Gasteiger partial charge < -0.3 is 4.74 Å². The van der Waals surface area contributed by atoms with Crippen LogP contribution in [0.15, 0.2) is 84.0 Å². The van der Waals surface area contributed by atoms with Crippen molar-refractivity contribution >= 4 is 29.4 Å². The number of carbonyl (C=O) groups is 1. The van der Waals surface area contributed by atoms with Crippen molar-refractivity contribution in [3.05, 3.63) is 111 Å². The topological polar surface area (TPSA) is 123 Å². The summed E-state index contributed by atoms with van der Waals surface area (Å²) in [5.41, 5.74) is 5.17. The minimum atomic E-state index is -0.508. The summed E-state index contributed by atoms with van der Waals surface area (Å²) in [5, 5.41) is 22.2. The number of non-ortho nitro benzene ring substituents is 1. The average Bonchev–Trinajstić information content (AvgIpc) is 3.34. The number of nitrogens with one attached hydrogen (secondary N) is 2. The van der Waals surface area contributed by atoms with Gasteiger partial charge in [0.1, 0.15) is 18.1 Å². The Hall–Kier alpha value is -4.50. The summed E-state index contributed by atoms with van der Waals surface area (Å²) in [6.07, 6.45) is 1.32. The number of H-pyrrole nitrogens is 1. The molecule has 1 aromatic heterocycles. The molecule has 9 nitrogen and oxygen atoms in total. The first-order chi connectivity index (χ1) is 16.5. The van der Waals surface area contributed by atoms with E-state index < -0.39 is 10.8 Å². The Morgan fingerprint density at radius 1 is 1.12 bits per heavy atom. The molecule has 2 N–H and O–H groups in total. The fourth-order valence-corrected chi connectivity index (χ4v) is 3.24. The molecule has 0 aliphatic heterocycles. The quantitative estimate of drug-likeness (QED) is 0.211. The molecule has 0 fully saturated rings. The predicted octanol–water partition coefficient (Wildman–Crippen LogP) is 4.98. The van der Waals surface area contributed by atoms with E-state index in [-0.39, 0.29) is 11.4 Å². The molecule has 0 radical (unpaired) electrons. The molecule has 0 aliphatic rings. The van der Waals surface area contributed by atoms with Crippen molar-refractivity contribution in [1.82, 2.24) is 15.6 Å². The van der Waals surface area contributed by atoms with Crippen LogP contribution in [0.5, 0.6) is 5.75 Å². The van der Waals surface area contributed by atoms with Crippen molar-refractivity contribution < 1.29 is 14.5 Å². The second kappa shape index (κ2) is 10.4. The second-order valence-corrected chi connectivity index (χ2v) is 7.53. The Morgan fingerprint density at radius 3 is 2.76 bits per heavy atom. The van der Waals surface area contributed by atoms with Gasteiger partial charge in [-0.15, -0.1) is 0 Å². The number of hydrogen-bond acceptors (Lipinski definition) is 6. The maximum Gasteiger partial charge on any atom is 0.289 e. The number of rotatable bonds is 8. The number of nitrogens with zero attached hydrogens (tertiary/aromatic N) is 3. The minimum Gasteiger partial charge on any atom is -0.489 e. The van der Waals surface area contributed by atoms with E-state index in [0.29, 0.717) is 28.6 Å². The number of hydrazone groups is 1. The summed E-state index contributed by atoms with van der Waals surface area (Å²) in [5.74, 6) is 0.125. The molecule has 0 aliphatic carbocycles. The maximum atomic E-state index is 12.4. The molecule has 4 aromatic rings. The molecule has 1 amide bonds. The molecule has 3 aromatic carbocycles. The van der Waals surface area contributed by atoms with E-state index in [0.717, 1.165) is 11.1 Å². The third-order valence-electron chi connectivity index (χ3n) is 4.77. The van der Waals surface area contributed by atoms with Crippen molar-refractivity contribution in [2.45, 2.75) is 6.61 Å². The highest BCUT2D eigenvalue weighted by molar-refractivity contribution is 6.31. The first-order valence-electron chi connectivity index (χ1n) is 10.1. The fraction of sp³-hybridized carbons (Fsp3) is 0.0417. The summed E-state index contributed by atoms with van der Waals surface area (Å²) in [4.78, 5) is 22.7. The lowest BCUT2D eigenvalue weighted by atomic mass is 10.1. The largest absolute Gasteiger partial charge is 0.489 e. The van der Waals surface area contributed by atoms with Crippen LogP contribution in [0.4, 0.5) is 5.69 Å². The van der Waals surface area contributed by atoms with E-state index >= 15 is 0 Å². The van der Waals surface area contributed by atoms with Crippen LogP contribution in [0.25, 0.3) is 11.3 Å². The van der Waals surface area contributed by atoms with Crippen LogP contribution in [0, 0.1) is 10.1 Å². The van der Waals surface area contributed by atoms with E-state index in [1.54, 1.807) is 18.2 Å². The third-order valence-corrected chi connectivity index (χ3v) is 5.13. The van der Waals surface area contributed by atoms with E-state index in [9.17, 15) is 14.9 Å². The molecule has 0 atom stereocenters. The van der Waals surface area contributed by atoms with Crippen molar-refractivity contribution in [2.24, 2.45) is 5.10 Å². The molecule has 10 heteroatoms. The number of halogens is 1. The van der Waals surface area contributed by atoms with Crippen molar-refractivity contribution in [3.8, 4) is 17.0 Å². The summed E-state index contributed by atoms with van der Waals surface area (Å²) in [6.45, 7) is 0.319. The summed E-state index contributed by atoms with van der Waals surface area (Å²) >= 11 is 6.17. The molecule has 0 spiro atoms. The Balaban J connectivity index is 1.39. The highest BCUT2D eigenvalue weighted by Crippen LogP contribution is 2.24. The van der Waals surface area contributed by atoms with Gasteiger partial charge in [0.25, 0.3) is 11.6 Å². The summed E-state index contributed by atoms with van der Waals surface area (Å²) in [6, 6.07) is 22.3. The second-order valence-electron chi connectivity index (χ2n) is 7.13. The van der Waals surface area contributed by atoms with E-state index in [1.807, 2.05) is 42.5 Å². The zero-order valence-corrected chi connectivity index (χ0v) is 18.4. The van der Waals surface area contributed by atoms with Gasteiger partial charge in [-0.3, -0.25) is 20.0 Å². The van der Waals surface area contributed by atoms with E-state index in [1.165, 1.54) is 24.4 Å². The number of nitro groups is 1. The number of hydrogen-bond donors (Lipinski definition) is 2. The lowest BCUT2D eigenvalue weighted by Gasteiger charge is -2.08. The number of ether oxygens (including phenoxy) is 1. The Labute approximate surface area is 199 Å². The maximum absolute atomic E-state index is 12.4. The summed E-state index contributed by atoms with van der Waals surface area (Å²) in [7, 11) is 0. The van der Waals surface area contributed by atoms with Gasteiger partial charge >= 0.3 is 0 Å². The van der Waals surface area contributed by atoms with Crippen LogP contribution in [0.3, 0.4) is 0 Å². The SMILES string of the molecule is O=C(NN=Cc1cccc([N+](=O)[O-])c1)c1cc(-c2cccc(OCc3ccccc3Cl)c2)n[nH]1. The standard InChI is InChI=1S/C24H18ClN5O4/c25-21-10-2-1-6-18(21)15-34-20-9-4-7-17(12-20)22-13-23(28-27-22)24(31)29-26-14-16-5-3-8-19(11-16)30(32)33/h1-14H,15H2,(H,27,28)(H,29,31). The Kier molecular flexibility index (Phi) is 6.95. The van der Waals surface area contributed by atoms with Gasteiger partial charge in [-0.2, -0.15) is 10.2 Å². The molecule has 1 heterocycles. The molecule has 0 saturated carbocycles. The van der Waals surface area contributed by atoms with Crippen LogP contribution in [-0.4, -0.2) is 27.2 Å². The van der Waals surface area contributed by atoms with Gasteiger partial charge in [-0.05, 0) is 24.3 Å². The van der Waals surface area contributed by atoms with Crippen LogP contribution < -0.4 is 10.2 Å². The first-order valence-corrected chi connectivity index (χ1v) is 10.5. The molecule has 0 bridgehead atoms. The average molecular weight is 476 g/mol.